The van der Waals surface area contributed by atoms with Gasteiger partial charge in [-0.1, -0.05) is 6.07 Å². The summed E-state index contributed by atoms with van der Waals surface area (Å²) in [7, 11) is 1.69. The maximum atomic E-state index is 10.8. The van der Waals surface area contributed by atoms with Crippen LogP contribution in [-0.4, -0.2) is 20.9 Å². The van der Waals surface area contributed by atoms with Crippen LogP contribution in [0.15, 0.2) is 28.7 Å². The summed E-state index contributed by atoms with van der Waals surface area (Å²) in [5.41, 5.74) is 7.93. The molecule has 17 heavy (non-hydrogen) atoms. The van der Waals surface area contributed by atoms with Crippen molar-refractivity contribution in [1.82, 2.24) is 9.78 Å². The third-order valence-corrected chi connectivity index (χ3v) is 3.11. The smallest absolute Gasteiger partial charge is 0.356 e. The quantitative estimate of drug-likeness (QED) is 0.832. The average molecular weight is 296 g/mol. The monoisotopic (exact) mass is 295 g/mol. The molecule has 1 aromatic heterocycles. The van der Waals surface area contributed by atoms with E-state index in [0.29, 0.717) is 11.4 Å². The van der Waals surface area contributed by atoms with Crippen LogP contribution in [0.5, 0.6) is 0 Å². The van der Waals surface area contributed by atoms with Crippen molar-refractivity contribution >= 4 is 27.6 Å². The lowest BCUT2D eigenvalue weighted by Gasteiger charge is -2.04. The van der Waals surface area contributed by atoms with Crippen molar-refractivity contribution in [3.05, 3.63) is 34.4 Å². The average Bonchev–Trinajstić information content (AvgIpc) is 2.65. The second-order valence-corrected chi connectivity index (χ2v) is 4.43. The fourth-order valence-corrected chi connectivity index (χ4v) is 1.79. The maximum Gasteiger partial charge on any atom is 0.356 e. The Bertz CT molecular complexity index is 592. The van der Waals surface area contributed by atoms with E-state index in [2.05, 4.69) is 21.0 Å². The van der Waals surface area contributed by atoms with E-state index in [4.69, 9.17) is 10.8 Å². The van der Waals surface area contributed by atoms with Crippen molar-refractivity contribution in [2.45, 2.75) is 0 Å². The Kier molecular flexibility index (Phi) is 2.89. The third-order valence-electron chi connectivity index (χ3n) is 2.39. The molecule has 1 heterocycles. The van der Waals surface area contributed by atoms with Crippen molar-refractivity contribution in [3.63, 3.8) is 0 Å². The van der Waals surface area contributed by atoms with Crippen LogP contribution >= 0.6 is 15.9 Å². The predicted molar refractivity (Wildman–Crippen MR) is 67.7 cm³/mol. The molecule has 0 atom stereocenters. The summed E-state index contributed by atoms with van der Waals surface area (Å²) in [6, 6.07) is 6.96. The van der Waals surface area contributed by atoms with Gasteiger partial charge in [0.2, 0.25) is 0 Å². The van der Waals surface area contributed by atoms with E-state index >= 15 is 0 Å². The van der Waals surface area contributed by atoms with Gasteiger partial charge in [0.25, 0.3) is 0 Å². The van der Waals surface area contributed by atoms with Gasteiger partial charge >= 0.3 is 5.97 Å². The molecule has 0 aliphatic rings. The number of aromatic carboxylic acids is 1. The lowest BCUT2D eigenvalue weighted by atomic mass is 10.1. The molecule has 0 spiro atoms. The molecule has 2 rings (SSSR count). The van der Waals surface area contributed by atoms with Crippen LogP contribution in [0.25, 0.3) is 11.3 Å². The zero-order valence-electron chi connectivity index (χ0n) is 9.01. The molecule has 3 N–H and O–H groups in total. The summed E-state index contributed by atoms with van der Waals surface area (Å²) in [5, 5.41) is 12.8. The summed E-state index contributed by atoms with van der Waals surface area (Å²) in [6.45, 7) is 0. The van der Waals surface area contributed by atoms with Crippen LogP contribution in [0, 0.1) is 0 Å². The molecule has 0 fully saturated rings. The first-order valence-corrected chi connectivity index (χ1v) is 5.61. The van der Waals surface area contributed by atoms with Gasteiger partial charge in [0.1, 0.15) is 0 Å². The SMILES string of the molecule is Cn1nc(C(=O)O)cc1-c1ccc(Br)c(N)c1. The van der Waals surface area contributed by atoms with Crippen LogP contribution in [0.3, 0.4) is 0 Å². The molecule has 88 valence electrons. The minimum Gasteiger partial charge on any atom is -0.476 e. The maximum absolute atomic E-state index is 10.8. The number of hydrogen-bond donors (Lipinski definition) is 2. The molecule has 6 heteroatoms. The normalized spacial score (nSPS) is 10.5. The number of nitrogens with two attached hydrogens (primary N) is 1. The number of benzene rings is 1. The summed E-state index contributed by atoms with van der Waals surface area (Å²) < 4.78 is 2.33. The van der Waals surface area contributed by atoms with Gasteiger partial charge in [0.15, 0.2) is 5.69 Å². The minimum atomic E-state index is -1.04. The number of nitrogens with zero attached hydrogens (tertiary/aromatic N) is 2. The fourth-order valence-electron chi connectivity index (χ4n) is 1.55. The van der Waals surface area contributed by atoms with Crippen LogP contribution in [0.1, 0.15) is 10.5 Å². The van der Waals surface area contributed by atoms with Crippen molar-refractivity contribution in [2.75, 3.05) is 5.73 Å². The van der Waals surface area contributed by atoms with Gasteiger partial charge in [-0.25, -0.2) is 4.79 Å². The highest BCUT2D eigenvalue weighted by Crippen LogP contribution is 2.27. The Hall–Kier alpha value is -1.82. The van der Waals surface area contributed by atoms with Crippen molar-refractivity contribution in [3.8, 4) is 11.3 Å². The summed E-state index contributed by atoms with van der Waals surface area (Å²) in [4.78, 5) is 10.8. The van der Waals surface area contributed by atoms with Gasteiger partial charge in [0, 0.05) is 22.8 Å². The first kappa shape index (κ1) is 11.7. The molecule has 0 aliphatic carbocycles. The molecule has 0 saturated heterocycles. The summed E-state index contributed by atoms with van der Waals surface area (Å²) in [5.74, 6) is -1.04. The Morgan fingerprint density at radius 3 is 2.71 bits per heavy atom. The van der Waals surface area contributed by atoms with E-state index < -0.39 is 5.97 Å². The first-order chi connectivity index (χ1) is 7.99. The molecule has 0 radical (unpaired) electrons. The number of rotatable bonds is 2. The van der Waals surface area contributed by atoms with Crippen LogP contribution in [-0.2, 0) is 7.05 Å². The number of nitrogen functional groups attached to an aromatic ring is 1. The van der Waals surface area contributed by atoms with Gasteiger partial charge in [-0.05, 0) is 34.1 Å². The minimum absolute atomic E-state index is 0.0176. The van der Waals surface area contributed by atoms with Gasteiger partial charge in [-0.2, -0.15) is 5.10 Å². The molecular weight excluding hydrogens is 286 g/mol. The fraction of sp³-hybridized carbons (Fsp3) is 0.0909. The topological polar surface area (TPSA) is 81.1 Å². The van der Waals surface area contributed by atoms with Gasteiger partial charge in [0.05, 0.1) is 5.69 Å². The molecule has 1 aromatic carbocycles. The van der Waals surface area contributed by atoms with Crippen molar-refractivity contribution in [2.24, 2.45) is 7.05 Å². The molecule has 2 aromatic rings. The molecule has 5 nitrogen and oxygen atoms in total. The number of anilines is 1. The number of carbonyl (C=O) groups is 1. The molecule has 0 bridgehead atoms. The Balaban J connectivity index is 2.52. The van der Waals surface area contributed by atoms with E-state index in [-0.39, 0.29) is 5.69 Å². The predicted octanol–water partition coefficient (Wildman–Crippen LogP) is 2.13. The number of hydrogen-bond acceptors (Lipinski definition) is 3. The molecule has 0 saturated carbocycles. The van der Waals surface area contributed by atoms with Crippen molar-refractivity contribution in [1.29, 1.82) is 0 Å². The number of carboxylic acid groups (broad SMARTS) is 1. The second-order valence-electron chi connectivity index (χ2n) is 3.58. The van der Waals surface area contributed by atoms with E-state index in [9.17, 15) is 4.79 Å². The molecule has 0 aliphatic heterocycles. The number of aromatic nitrogens is 2. The van der Waals surface area contributed by atoms with Gasteiger partial charge in [-0.3, -0.25) is 4.68 Å². The zero-order chi connectivity index (χ0) is 12.6. The molecule has 0 amide bonds. The third kappa shape index (κ3) is 2.16. The molecule has 0 unspecified atom stereocenters. The number of halogens is 1. The second kappa shape index (κ2) is 4.21. The van der Waals surface area contributed by atoms with Crippen molar-refractivity contribution < 1.29 is 9.90 Å². The number of aryl methyl sites for hydroxylation is 1. The van der Waals surface area contributed by atoms with Gasteiger partial charge in [-0.15, -0.1) is 0 Å². The van der Waals surface area contributed by atoms with Gasteiger partial charge < -0.3 is 10.8 Å². The zero-order valence-corrected chi connectivity index (χ0v) is 10.6. The Labute approximate surface area is 106 Å². The van der Waals surface area contributed by atoms with Crippen LogP contribution < -0.4 is 5.73 Å². The standard InChI is InChI=1S/C11H10BrN3O2/c1-15-10(5-9(14-15)11(16)17)6-2-3-7(12)8(13)4-6/h2-5H,13H2,1H3,(H,16,17). The van der Waals surface area contributed by atoms with Crippen LogP contribution in [0.2, 0.25) is 0 Å². The number of carboxylic acids is 1. The van der Waals surface area contributed by atoms with E-state index in [0.717, 1.165) is 10.0 Å². The highest BCUT2D eigenvalue weighted by molar-refractivity contribution is 9.10. The summed E-state index contributed by atoms with van der Waals surface area (Å²) in [6.07, 6.45) is 0. The molecular formula is C11H10BrN3O2. The lowest BCUT2D eigenvalue weighted by Crippen LogP contribution is -1.99. The highest BCUT2D eigenvalue weighted by atomic mass is 79.9. The largest absolute Gasteiger partial charge is 0.476 e. The lowest BCUT2D eigenvalue weighted by molar-refractivity contribution is 0.0689. The van der Waals surface area contributed by atoms with Crippen LogP contribution in [0.4, 0.5) is 5.69 Å². The Morgan fingerprint density at radius 1 is 1.47 bits per heavy atom. The van der Waals surface area contributed by atoms with E-state index in [1.54, 1.807) is 13.1 Å². The van der Waals surface area contributed by atoms with E-state index in [1.807, 2.05) is 12.1 Å². The highest BCUT2D eigenvalue weighted by Gasteiger charge is 2.12. The van der Waals surface area contributed by atoms with E-state index in [1.165, 1.54) is 10.7 Å². The summed E-state index contributed by atoms with van der Waals surface area (Å²) >= 11 is 3.31. The first-order valence-electron chi connectivity index (χ1n) is 4.82. The Morgan fingerprint density at radius 2 is 2.18 bits per heavy atom.